The molecule has 0 fully saturated rings. The lowest BCUT2D eigenvalue weighted by Crippen LogP contribution is -2.21. The van der Waals surface area contributed by atoms with Crippen molar-refractivity contribution in [3.05, 3.63) is 28.6 Å². The number of hydrogen-bond donors (Lipinski definition) is 1. The summed E-state index contributed by atoms with van der Waals surface area (Å²) in [5, 5.41) is 0.506. The predicted octanol–water partition coefficient (Wildman–Crippen LogP) is 0.524. The van der Waals surface area contributed by atoms with Crippen LogP contribution in [-0.2, 0) is 7.05 Å². The molecule has 2 N–H and O–H groups in total. The zero-order valence-corrected chi connectivity index (χ0v) is 8.52. The summed E-state index contributed by atoms with van der Waals surface area (Å²) in [5.41, 5.74) is 5.94. The summed E-state index contributed by atoms with van der Waals surface area (Å²) in [6.45, 7) is 0. The van der Waals surface area contributed by atoms with Gasteiger partial charge in [0, 0.05) is 7.05 Å². The number of benzene rings is 1. The lowest BCUT2D eigenvalue weighted by Gasteiger charge is -2.07. The molecule has 2 aromatic rings. The van der Waals surface area contributed by atoms with E-state index >= 15 is 0 Å². The smallest absolute Gasteiger partial charge is 0.262 e. The Labute approximate surface area is 86.1 Å². The van der Waals surface area contributed by atoms with Gasteiger partial charge in [0.1, 0.15) is 11.3 Å². The molecule has 0 aliphatic carbocycles. The summed E-state index contributed by atoms with van der Waals surface area (Å²) >= 11 is 0. The molecule has 0 unspecified atom stereocenters. The van der Waals surface area contributed by atoms with Gasteiger partial charge in [-0.3, -0.25) is 9.36 Å². The van der Waals surface area contributed by atoms with Gasteiger partial charge in [0.2, 0.25) is 5.95 Å². The Balaban J connectivity index is 2.98. The van der Waals surface area contributed by atoms with Crippen LogP contribution in [0.5, 0.6) is 5.75 Å². The van der Waals surface area contributed by atoms with Gasteiger partial charge in [0.15, 0.2) is 0 Å². The molecular formula is C10H11N3O2. The quantitative estimate of drug-likeness (QED) is 0.737. The lowest BCUT2D eigenvalue weighted by atomic mass is 10.2. The first-order chi connectivity index (χ1) is 7.15. The first-order valence-electron chi connectivity index (χ1n) is 4.44. The molecule has 0 spiro atoms. The Bertz CT molecular complexity index is 575. The summed E-state index contributed by atoms with van der Waals surface area (Å²) in [7, 11) is 3.12. The summed E-state index contributed by atoms with van der Waals surface area (Å²) < 4.78 is 6.42. The fraction of sp³-hybridized carbons (Fsp3) is 0.200. The third-order valence-corrected chi connectivity index (χ3v) is 2.32. The largest absolute Gasteiger partial charge is 0.494 e. The Hall–Kier alpha value is -2.04. The summed E-state index contributed by atoms with van der Waals surface area (Å²) in [6, 6.07) is 5.20. The first kappa shape index (κ1) is 9.51. The van der Waals surface area contributed by atoms with E-state index in [2.05, 4.69) is 4.98 Å². The second-order valence-electron chi connectivity index (χ2n) is 3.19. The molecule has 1 heterocycles. The standard InChI is InChI=1S/C10H11N3O2/c1-13-9(14)6-4-3-5-7(15-2)8(6)12-10(13)11/h3-5H,1-2H3,(H2,11,12). The van der Waals surface area contributed by atoms with Crippen LogP contribution in [0.4, 0.5) is 5.95 Å². The number of rotatable bonds is 1. The Morgan fingerprint density at radius 3 is 2.87 bits per heavy atom. The third-order valence-electron chi connectivity index (χ3n) is 2.32. The van der Waals surface area contributed by atoms with Crippen LogP contribution in [-0.4, -0.2) is 16.7 Å². The molecular weight excluding hydrogens is 194 g/mol. The van der Waals surface area contributed by atoms with Crippen molar-refractivity contribution >= 4 is 16.9 Å². The number of hydrogen-bond acceptors (Lipinski definition) is 4. The Morgan fingerprint density at radius 1 is 1.47 bits per heavy atom. The molecule has 0 atom stereocenters. The topological polar surface area (TPSA) is 70.1 Å². The van der Waals surface area contributed by atoms with Gasteiger partial charge in [-0.2, -0.15) is 0 Å². The van der Waals surface area contributed by atoms with E-state index in [1.54, 1.807) is 25.2 Å². The number of nitrogens with zero attached hydrogens (tertiary/aromatic N) is 2. The number of methoxy groups -OCH3 is 1. The van der Waals surface area contributed by atoms with Crippen molar-refractivity contribution in [2.24, 2.45) is 7.05 Å². The zero-order valence-electron chi connectivity index (χ0n) is 8.52. The van der Waals surface area contributed by atoms with Crippen LogP contribution < -0.4 is 16.0 Å². The van der Waals surface area contributed by atoms with Crippen molar-refractivity contribution < 1.29 is 4.74 Å². The van der Waals surface area contributed by atoms with E-state index in [4.69, 9.17) is 10.5 Å². The normalized spacial score (nSPS) is 10.5. The molecule has 78 valence electrons. The van der Waals surface area contributed by atoms with Gasteiger partial charge in [-0.15, -0.1) is 0 Å². The highest BCUT2D eigenvalue weighted by atomic mass is 16.5. The van der Waals surface area contributed by atoms with Crippen molar-refractivity contribution in [2.75, 3.05) is 12.8 Å². The second-order valence-corrected chi connectivity index (χ2v) is 3.19. The van der Waals surface area contributed by atoms with E-state index in [-0.39, 0.29) is 11.5 Å². The van der Waals surface area contributed by atoms with Crippen LogP contribution in [0.25, 0.3) is 10.9 Å². The third kappa shape index (κ3) is 1.32. The van der Waals surface area contributed by atoms with Gasteiger partial charge in [0.25, 0.3) is 5.56 Å². The van der Waals surface area contributed by atoms with Crippen LogP contribution in [0.1, 0.15) is 0 Å². The maximum Gasteiger partial charge on any atom is 0.262 e. The fourth-order valence-corrected chi connectivity index (χ4v) is 1.45. The number of nitrogen functional groups attached to an aromatic ring is 1. The number of anilines is 1. The van der Waals surface area contributed by atoms with Gasteiger partial charge in [-0.1, -0.05) is 6.07 Å². The lowest BCUT2D eigenvalue weighted by molar-refractivity contribution is 0.419. The molecule has 2 rings (SSSR count). The minimum Gasteiger partial charge on any atom is -0.494 e. The average molecular weight is 205 g/mol. The SMILES string of the molecule is COc1cccc2c(=O)n(C)c(N)nc12. The number of nitrogens with two attached hydrogens (primary N) is 1. The molecule has 0 aliphatic heterocycles. The Kier molecular flexibility index (Phi) is 2.07. The van der Waals surface area contributed by atoms with Crippen molar-refractivity contribution in [3.63, 3.8) is 0 Å². The molecule has 5 nitrogen and oxygen atoms in total. The summed E-state index contributed by atoms with van der Waals surface area (Å²) in [5.74, 6) is 0.730. The summed E-state index contributed by atoms with van der Waals surface area (Å²) in [4.78, 5) is 15.9. The highest BCUT2D eigenvalue weighted by Gasteiger charge is 2.09. The second kappa shape index (κ2) is 3.27. The van der Waals surface area contributed by atoms with Crippen LogP contribution in [0.2, 0.25) is 0 Å². The maximum atomic E-state index is 11.8. The number of aromatic nitrogens is 2. The van der Waals surface area contributed by atoms with Gasteiger partial charge in [-0.05, 0) is 12.1 Å². The molecule has 5 heteroatoms. The molecule has 0 amide bonds. The minimum absolute atomic E-state index is 0.170. The summed E-state index contributed by atoms with van der Waals surface area (Å²) in [6.07, 6.45) is 0. The van der Waals surface area contributed by atoms with E-state index in [1.165, 1.54) is 11.7 Å². The van der Waals surface area contributed by atoms with Crippen LogP contribution >= 0.6 is 0 Å². The number of para-hydroxylation sites is 1. The molecule has 15 heavy (non-hydrogen) atoms. The minimum atomic E-state index is -0.170. The van der Waals surface area contributed by atoms with Crippen LogP contribution in [0, 0.1) is 0 Å². The molecule has 1 aromatic heterocycles. The van der Waals surface area contributed by atoms with E-state index in [0.29, 0.717) is 16.7 Å². The number of ether oxygens (including phenoxy) is 1. The average Bonchev–Trinajstić information content (AvgIpc) is 2.25. The van der Waals surface area contributed by atoms with E-state index < -0.39 is 0 Å². The van der Waals surface area contributed by atoms with Crippen molar-refractivity contribution in [3.8, 4) is 5.75 Å². The van der Waals surface area contributed by atoms with Gasteiger partial charge in [0.05, 0.1) is 12.5 Å². The molecule has 0 saturated heterocycles. The van der Waals surface area contributed by atoms with E-state index in [0.717, 1.165) is 0 Å². The number of fused-ring (bicyclic) bond motifs is 1. The zero-order chi connectivity index (χ0) is 11.0. The van der Waals surface area contributed by atoms with Crippen molar-refractivity contribution in [1.29, 1.82) is 0 Å². The highest BCUT2D eigenvalue weighted by molar-refractivity contribution is 5.84. The first-order valence-corrected chi connectivity index (χ1v) is 4.44. The fourth-order valence-electron chi connectivity index (χ4n) is 1.45. The highest BCUT2D eigenvalue weighted by Crippen LogP contribution is 2.21. The Morgan fingerprint density at radius 2 is 2.20 bits per heavy atom. The van der Waals surface area contributed by atoms with Gasteiger partial charge >= 0.3 is 0 Å². The predicted molar refractivity (Wildman–Crippen MR) is 57.9 cm³/mol. The van der Waals surface area contributed by atoms with Crippen LogP contribution in [0.3, 0.4) is 0 Å². The van der Waals surface area contributed by atoms with Crippen molar-refractivity contribution in [2.45, 2.75) is 0 Å². The molecule has 0 saturated carbocycles. The van der Waals surface area contributed by atoms with E-state index in [9.17, 15) is 4.79 Å². The maximum absolute atomic E-state index is 11.8. The molecule has 0 radical (unpaired) electrons. The van der Waals surface area contributed by atoms with Gasteiger partial charge in [-0.25, -0.2) is 4.98 Å². The van der Waals surface area contributed by atoms with Crippen molar-refractivity contribution in [1.82, 2.24) is 9.55 Å². The molecule has 1 aromatic carbocycles. The monoisotopic (exact) mass is 205 g/mol. The van der Waals surface area contributed by atoms with Gasteiger partial charge < -0.3 is 10.5 Å². The van der Waals surface area contributed by atoms with E-state index in [1.807, 2.05) is 0 Å². The molecule has 0 bridgehead atoms. The molecule has 0 aliphatic rings. The van der Waals surface area contributed by atoms with Crippen LogP contribution in [0.15, 0.2) is 23.0 Å².